The minimum absolute atomic E-state index is 0.00850. The molecule has 31 heavy (non-hydrogen) atoms. The van der Waals surface area contributed by atoms with Crippen molar-refractivity contribution < 1.29 is 13.2 Å². The lowest BCUT2D eigenvalue weighted by Gasteiger charge is -2.18. The number of carbonyl (C=O) groups excluding carboxylic acids is 1. The van der Waals surface area contributed by atoms with E-state index in [1.54, 1.807) is 0 Å². The number of nitrogens with zero attached hydrogens (tertiary/aromatic N) is 2. The van der Waals surface area contributed by atoms with Crippen molar-refractivity contribution in [2.75, 3.05) is 19.4 Å². The predicted molar refractivity (Wildman–Crippen MR) is 127 cm³/mol. The first-order chi connectivity index (χ1) is 14.4. The first-order valence-electron chi connectivity index (χ1n) is 9.49. The standard InChI is InChI=1S/C22H24ClN3O3S2/c1-22(2,3)15-8-6-14(7-9-15)19-13-30-21(24-19)25-20(27)17-12-16(10-11-18(17)23)31(28,29)26(4)5/h6-13H,1-5H3,(H,24,25,27). The first kappa shape index (κ1) is 23.4. The zero-order chi connectivity index (χ0) is 23.0. The van der Waals surface area contributed by atoms with E-state index >= 15 is 0 Å². The molecule has 0 spiro atoms. The molecule has 1 aromatic heterocycles. The van der Waals surface area contributed by atoms with Gasteiger partial charge in [-0.1, -0.05) is 56.6 Å². The molecule has 2 aromatic carbocycles. The smallest absolute Gasteiger partial charge is 0.259 e. The normalized spacial score (nSPS) is 12.2. The number of carbonyl (C=O) groups is 1. The lowest BCUT2D eigenvalue weighted by Crippen LogP contribution is -2.23. The van der Waals surface area contributed by atoms with Gasteiger partial charge >= 0.3 is 0 Å². The van der Waals surface area contributed by atoms with Gasteiger partial charge in [0.1, 0.15) is 0 Å². The quantitative estimate of drug-likeness (QED) is 0.543. The summed E-state index contributed by atoms with van der Waals surface area (Å²) in [6, 6.07) is 12.2. The monoisotopic (exact) mass is 477 g/mol. The molecule has 0 aliphatic rings. The van der Waals surface area contributed by atoms with Gasteiger partial charge in [0.05, 0.1) is 21.2 Å². The summed E-state index contributed by atoms with van der Waals surface area (Å²) in [5, 5.41) is 5.12. The molecule has 0 atom stereocenters. The Bertz CT molecular complexity index is 1210. The number of hydrogen-bond acceptors (Lipinski definition) is 5. The minimum Gasteiger partial charge on any atom is -0.298 e. The maximum absolute atomic E-state index is 12.7. The predicted octanol–water partition coefficient (Wildman–Crippen LogP) is 5.26. The summed E-state index contributed by atoms with van der Waals surface area (Å²) < 4.78 is 25.8. The van der Waals surface area contributed by atoms with Gasteiger partial charge in [0, 0.05) is 25.0 Å². The Kier molecular flexibility index (Phi) is 6.57. The minimum atomic E-state index is -3.69. The fourth-order valence-electron chi connectivity index (χ4n) is 2.82. The lowest BCUT2D eigenvalue weighted by atomic mass is 9.86. The van der Waals surface area contributed by atoms with Crippen molar-refractivity contribution in [2.24, 2.45) is 0 Å². The van der Waals surface area contributed by atoms with Crippen LogP contribution in [0.2, 0.25) is 5.02 Å². The topological polar surface area (TPSA) is 79.4 Å². The van der Waals surface area contributed by atoms with E-state index in [1.165, 1.54) is 49.2 Å². The Hall–Kier alpha value is -2.26. The Morgan fingerprint density at radius 1 is 1.10 bits per heavy atom. The van der Waals surface area contributed by atoms with Crippen LogP contribution in [0.4, 0.5) is 5.13 Å². The van der Waals surface area contributed by atoms with Crippen LogP contribution in [0.5, 0.6) is 0 Å². The van der Waals surface area contributed by atoms with Gasteiger partial charge in [0.2, 0.25) is 10.0 Å². The number of thiazole rings is 1. The van der Waals surface area contributed by atoms with Crippen molar-refractivity contribution in [2.45, 2.75) is 31.1 Å². The SMILES string of the molecule is CN(C)S(=O)(=O)c1ccc(Cl)c(C(=O)Nc2nc(-c3ccc(C(C)(C)C)cc3)cs2)c1. The van der Waals surface area contributed by atoms with Crippen LogP contribution in [0, 0.1) is 0 Å². The number of nitrogens with one attached hydrogen (secondary N) is 1. The molecule has 0 saturated heterocycles. The molecular weight excluding hydrogens is 454 g/mol. The van der Waals surface area contributed by atoms with Crippen molar-refractivity contribution in [1.82, 2.24) is 9.29 Å². The second-order valence-electron chi connectivity index (χ2n) is 8.25. The van der Waals surface area contributed by atoms with E-state index in [2.05, 4.69) is 43.2 Å². The Morgan fingerprint density at radius 3 is 2.32 bits per heavy atom. The van der Waals surface area contributed by atoms with E-state index in [-0.39, 0.29) is 20.9 Å². The molecule has 0 aliphatic heterocycles. The van der Waals surface area contributed by atoms with Crippen LogP contribution in [0.1, 0.15) is 36.7 Å². The van der Waals surface area contributed by atoms with Gasteiger partial charge < -0.3 is 0 Å². The van der Waals surface area contributed by atoms with E-state index < -0.39 is 15.9 Å². The second kappa shape index (κ2) is 8.70. The zero-order valence-electron chi connectivity index (χ0n) is 17.9. The fourth-order valence-corrected chi connectivity index (χ4v) is 4.67. The number of amides is 1. The molecule has 164 valence electrons. The average Bonchev–Trinajstić information content (AvgIpc) is 3.15. The highest BCUT2D eigenvalue weighted by molar-refractivity contribution is 7.89. The summed E-state index contributed by atoms with van der Waals surface area (Å²) >= 11 is 7.44. The van der Waals surface area contributed by atoms with Crippen LogP contribution in [-0.4, -0.2) is 37.7 Å². The molecule has 1 amide bonds. The highest BCUT2D eigenvalue weighted by Gasteiger charge is 2.21. The fraction of sp³-hybridized carbons (Fsp3) is 0.273. The molecule has 0 radical (unpaired) electrons. The summed E-state index contributed by atoms with van der Waals surface area (Å²) in [6.45, 7) is 6.47. The number of rotatable bonds is 5. The van der Waals surface area contributed by atoms with Crippen LogP contribution in [0.15, 0.2) is 52.7 Å². The van der Waals surface area contributed by atoms with Gasteiger partial charge in [0.15, 0.2) is 5.13 Å². The highest BCUT2D eigenvalue weighted by atomic mass is 35.5. The summed E-state index contributed by atoms with van der Waals surface area (Å²) in [6.07, 6.45) is 0. The van der Waals surface area contributed by atoms with Crippen molar-refractivity contribution in [3.05, 3.63) is 64.0 Å². The Morgan fingerprint density at radius 2 is 1.74 bits per heavy atom. The third-order valence-electron chi connectivity index (χ3n) is 4.73. The van der Waals surface area contributed by atoms with Crippen LogP contribution in [0.25, 0.3) is 11.3 Å². The molecule has 1 N–H and O–H groups in total. The van der Waals surface area contributed by atoms with Gasteiger partial charge in [-0.05, 0) is 29.2 Å². The van der Waals surface area contributed by atoms with Gasteiger partial charge in [-0.15, -0.1) is 11.3 Å². The third-order valence-corrected chi connectivity index (χ3v) is 7.63. The lowest BCUT2D eigenvalue weighted by molar-refractivity contribution is 0.102. The van der Waals surface area contributed by atoms with Crippen molar-refractivity contribution in [3.63, 3.8) is 0 Å². The van der Waals surface area contributed by atoms with Crippen molar-refractivity contribution >= 4 is 44.0 Å². The maximum atomic E-state index is 12.7. The maximum Gasteiger partial charge on any atom is 0.259 e. The molecule has 0 saturated carbocycles. The highest BCUT2D eigenvalue weighted by Crippen LogP contribution is 2.29. The summed E-state index contributed by atoms with van der Waals surface area (Å²) in [5.74, 6) is -0.523. The van der Waals surface area contributed by atoms with Crippen LogP contribution >= 0.6 is 22.9 Å². The largest absolute Gasteiger partial charge is 0.298 e. The van der Waals surface area contributed by atoms with E-state index in [0.717, 1.165) is 15.6 Å². The molecule has 0 fully saturated rings. The van der Waals surface area contributed by atoms with Gasteiger partial charge in [-0.2, -0.15) is 0 Å². The van der Waals surface area contributed by atoms with E-state index in [0.29, 0.717) is 5.13 Å². The molecule has 3 rings (SSSR count). The van der Waals surface area contributed by atoms with E-state index in [4.69, 9.17) is 11.6 Å². The van der Waals surface area contributed by atoms with Gasteiger partial charge in [-0.3, -0.25) is 10.1 Å². The van der Waals surface area contributed by atoms with Crippen LogP contribution < -0.4 is 5.32 Å². The van der Waals surface area contributed by atoms with Crippen LogP contribution in [-0.2, 0) is 15.4 Å². The molecule has 1 heterocycles. The molecule has 0 aliphatic carbocycles. The number of benzene rings is 2. The summed E-state index contributed by atoms with van der Waals surface area (Å²) in [5.41, 5.74) is 3.05. The number of hydrogen-bond donors (Lipinski definition) is 1. The molecule has 6 nitrogen and oxygen atoms in total. The summed E-state index contributed by atoms with van der Waals surface area (Å²) in [7, 11) is -0.836. The first-order valence-corrected chi connectivity index (χ1v) is 12.2. The number of aromatic nitrogens is 1. The average molecular weight is 478 g/mol. The number of sulfonamides is 1. The van der Waals surface area contributed by atoms with Gasteiger partial charge in [0.25, 0.3) is 5.91 Å². The zero-order valence-corrected chi connectivity index (χ0v) is 20.3. The van der Waals surface area contributed by atoms with E-state index in [1.807, 2.05) is 17.5 Å². The molecular formula is C22H24ClN3O3S2. The van der Waals surface area contributed by atoms with Crippen LogP contribution in [0.3, 0.4) is 0 Å². The third kappa shape index (κ3) is 5.15. The Labute approximate surface area is 191 Å². The Balaban J connectivity index is 1.82. The van der Waals surface area contributed by atoms with Gasteiger partial charge in [-0.25, -0.2) is 17.7 Å². The number of halogens is 1. The molecule has 3 aromatic rings. The molecule has 9 heteroatoms. The van der Waals surface area contributed by atoms with E-state index in [9.17, 15) is 13.2 Å². The summed E-state index contributed by atoms with van der Waals surface area (Å²) in [4.78, 5) is 17.2. The van der Waals surface area contributed by atoms with Crippen molar-refractivity contribution in [1.29, 1.82) is 0 Å². The second-order valence-corrected chi connectivity index (χ2v) is 11.7. The molecule has 0 bridgehead atoms. The van der Waals surface area contributed by atoms with Crippen molar-refractivity contribution in [3.8, 4) is 11.3 Å². The molecule has 0 unspecified atom stereocenters. The number of anilines is 1.